The molecule has 0 radical (unpaired) electrons. The van der Waals surface area contributed by atoms with E-state index in [2.05, 4.69) is 45.9 Å². The first-order chi connectivity index (χ1) is 7.49. The zero-order valence-electron chi connectivity index (χ0n) is 10.3. The molecular weight excluding hydrogens is 200 g/mol. The summed E-state index contributed by atoms with van der Waals surface area (Å²) in [4.78, 5) is 0. The number of fused-ring (bicyclic) bond motifs is 3. The van der Waals surface area contributed by atoms with Crippen molar-refractivity contribution in [2.45, 2.75) is 51.4 Å². The molecule has 1 aromatic rings. The zero-order chi connectivity index (χ0) is 11.5. The van der Waals surface area contributed by atoms with Crippen LogP contribution < -0.4 is 4.74 Å². The lowest BCUT2D eigenvalue weighted by Crippen LogP contribution is -2.37. The Kier molecular flexibility index (Phi) is 1.91. The molecule has 2 aliphatic rings. The maximum absolute atomic E-state index is 6.04. The first-order valence-electron chi connectivity index (χ1n) is 5.97. The van der Waals surface area contributed by atoms with E-state index < -0.39 is 0 Å². The van der Waals surface area contributed by atoms with Gasteiger partial charge in [-0.2, -0.15) is 0 Å². The molecule has 86 valence electrons. The van der Waals surface area contributed by atoms with Gasteiger partial charge in [0.25, 0.3) is 0 Å². The summed E-state index contributed by atoms with van der Waals surface area (Å²) in [5, 5.41) is 0. The predicted molar refractivity (Wildman–Crippen MR) is 62.9 cm³/mol. The molecule has 2 heteroatoms. The Morgan fingerprint density at radius 2 is 2.00 bits per heavy atom. The van der Waals surface area contributed by atoms with Crippen molar-refractivity contribution in [2.75, 3.05) is 0 Å². The third-order valence-corrected chi connectivity index (χ3v) is 3.56. The molecule has 16 heavy (non-hydrogen) atoms. The predicted octanol–water partition coefficient (Wildman–Crippen LogP) is 3.42. The van der Waals surface area contributed by atoms with Gasteiger partial charge in [-0.3, -0.25) is 0 Å². The molecule has 2 aliphatic heterocycles. The van der Waals surface area contributed by atoms with Crippen LogP contribution in [0.5, 0.6) is 5.75 Å². The Balaban J connectivity index is 2.04. The molecule has 3 rings (SSSR count). The van der Waals surface area contributed by atoms with Gasteiger partial charge >= 0.3 is 0 Å². The van der Waals surface area contributed by atoms with E-state index in [4.69, 9.17) is 9.47 Å². The highest BCUT2D eigenvalue weighted by Gasteiger charge is 2.56. The van der Waals surface area contributed by atoms with E-state index in [1.165, 1.54) is 11.1 Å². The number of hydrogen-bond donors (Lipinski definition) is 0. The van der Waals surface area contributed by atoms with Crippen molar-refractivity contribution in [3.63, 3.8) is 0 Å². The van der Waals surface area contributed by atoms with Crippen LogP contribution in [0.15, 0.2) is 18.2 Å². The van der Waals surface area contributed by atoms with Crippen molar-refractivity contribution in [3.8, 4) is 5.75 Å². The van der Waals surface area contributed by atoms with Crippen molar-refractivity contribution in [1.82, 2.24) is 0 Å². The van der Waals surface area contributed by atoms with E-state index >= 15 is 0 Å². The largest absolute Gasteiger partial charge is 0.485 e. The molecule has 0 amide bonds. The summed E-state index contributed by atoms with van der Waals surface area (Å²) >= 11 is 0. The van der Waals surface area contributed by atoms with E-state index in [1.54, 1.807) is 0 Å². The Morgan fingerprint density at radius 3 is 2.69 bits per heavy atom. The molecule has 1 saturated heterocycles. The molecule has 1 aromatic carbocycles. The van der Waals surface area contributed by atoms with Crippen LogP contribution in [0, 0.1) is 0 Å². The molecule has 2 atom stereocenters. The van der Waals surface area contributed by atoms with E-state index in [9.17, 15) is 0 Å². The molecule has 2 nitrogen and oxygen atoms in total. The lowest BCUT2D eigenvalue weighted by Gasteiger charge is -2.30. The summed E-state index contributed by atoms with van der Waals surface area (Å²) in [6.45, 7) is 8.60. The van der Waals surface area contributed by atoms with Gasteiger partial charge in [0.1, 0.15) is 23.6 Å². The third-order valence-electron chi connectivity index (χ3n) is 3.56. The van der Waals surface area contributed by atoms with Crippen LogP contribution in [-0.2, 0) is 4.74 Å². The third kappa shape index (κ3) is 1.36. The number of benzene rings is 1. The molecular formula is C14H18O2. The zero-order valence-corrected chi connectivity index (χ0v) is 10.3. The standard InChI is InChI=1S/C14H18O2/c1-8(2)9-5-6-10-11(7-9)16-14(3,4)13-12(10)15-13/h5-8,12-13H,1-4H3. The molecule has 1 fully saturated rings. The van der Waals surface area contributed by atoms with Gasteiger partial charge < -0.3 is 9.47 Å². The fraction of sp³-hybridized carbons (Fsp3) is 0.571. The van der Waals surface area contributed by atoms with Gasteiger partial charge in [-0.1, -0.05) is 26.0 Å². The Labute approximate surface area is 96.6 Å². The smallest absolute Gasteiger partial charge is 0.132 e. The quantitative estimate of drug-likeness (QED) is 0.674. The normalized spacial score (nSPS) is 29.3. The van der Waals surface area contributed by atoms with Crippen molar-refractivity contribution in [2.24, 2.45) is 0 Å². The number of rotatable bonds is 1. The van der Waals surface area contributed by atoms with Crippen LogP contribution >= 0.6 is 0 Å². The molecule has 2 heterocycles. The van der Waals surface area contributed by atoms with Gasteiger partial charge in [-0.25, -0.2) is 0 Å². The summed E-state index contributed by atoms with van der Waals surface area (Å²) in [6.07, 6.45) is 0.505. The Hall–Kier alpha value is -1.02. The highest BCUT2D eigenvalue weighted by atomic mass is 16.6. The molecule has 0 saturated carbocycles. The minimum Gasteiger partial charge on any atom is -0.485 e. The second-order valence-corrected chi connectivity index (χ2v) is 5.63. The summed E-state index contributed by atoms with van der Waals surface area (Å²) in [6, 6.07) is 6.51. The summed E-state index contributed by atoms with van der Waals surface area (Å²) in [5.41, 5.74) is 2.36. The molecule has 0 bridgehead atoms. The molecule has 0 N–H and O–H groups in total. The van der Waals surface area contributed by atoms with Crippen molar-refractivity contribution in [3.05, 3.63) is 29.3 Å². The van der Waals surface area contributed by atoms with Gasteiger partial charge in [0.05, 0.1) is 0 Å². The molecule has 0 spiro atoms. The topological polar surface area (TPSA) is 21.8 Å². The fourth-order valence-corrected chi connectivity index (χ4v) is 2.45. The lowest BCUT2D eigenvalue weighted by atomic mass is 9.92. The summed E-state index contributed by atoms with van der Waals surface area (Å²) in [5.74, 6) is 1.55. The van der Waals surface area contributed by atoms with Gasteiger partial charge in [0.15, 0.2) is 0 Å². The minimum atomic E-state index is -0.187. The van der Waals surface area contributed by atoms with Crippen molar-refractivity contribution in [1.29, 1.82) is 0 Å². The number of hydrogen-bond acceptors (Lipinski definition) is 2. The highest BCUT2D eigenvalue weighted by molar-refractivity contribution is 5.45. The van der Waals surface area contributed by atoms with Gasteiger partial charge in [-0.15, -0.1) is 0 Å². The van der Waals surface area contributed by atoms with E-state index in [1.807, 2.05) is 0 Å². The Bertz CT molecular complexity index is 434. The van der Waals surface area contributed by atoms with Crippen LogP contribution in [0.25, 0.3) is 0 Å². The fourth-order valence-electron chi connectivity index (χ4n) is 2.45. The summed E-state index contributed by atoms with van der Waals surface area (Å²) < 4.78 is 11.7. The van der Waals surface area contributed by atoms with E-state index in [-0.39, 0.29) is 17.8 Å². The monoisotopic (exact) mass is 218 g/mol. The van der Waals surface area contributed by atoms with Crippen LogP contribution in [0.2, 0.25) is 0 Å². The first-order valence-corrected chi connectivity index (χ1v) is 5.97. The van der Waals surface area contributed by atoms with Gasteiger partial charge in [0, 0.05) is 5.56 Å². The average Bonchev–Trinajstić information content (AvgIpc) is 2.96. The lowest BCUT2D eigenvalue weighted by molar-refractivity contribution is 0.0724. The van der Waals surface area contributed by atoms with Gasteiger partial charge in [-0.05, 0) is 31.4 Å². The van der Waals surface area contributed by atoms with E-state index in [0.717, 1.165) is 5.75 Å². The average molecular weight is 218 g/mol. The van der Waals surface area contributed by atoms with Crippen molar-refractivity contribution >= 4 is 0 Å². The second kappa shape index (κ2) is 3.01. The molecule has 0 aliphatic carbocycles. The number of ether oxygens (including phenoxy) is 2. The van der Waals surface area contributed by atoms with Crippen LogP contribution in [-0.4, -0.2) is 11.7 Å². The minimum absolute atomic E-state index is 0.187. The maximum Gasteiger partial charge on any atom is 0.132 e. The van der Waals surface area contributed by atoms with Crippen LogP contribution in [0.3, 0.4) is 0 Å². The SMILES string of the molecule is CC(C)c1ccc2c(c1)OC(C)(C)C1OC21. The maximum atomic E-state index is 6.04. The van der Waals surface area contributed by atoms with Crippen LogP contribution in [0.1, 0.15) is 50.8 Å². The molecule has 0 aromatic heterocycles. The first kappa shape index (κ1) is 10.2. The van der Waals surface area contributed by atoms with Crippen LogP contribution in [0.4, 0.5) is 0 Å². The van der Waals surface area contributed by atoms with Gasteiger partial charge in [0.2, 0.25) is 0 Å². The Morgan fingerprint density at radius 1 is 1.25 bits per heavy atom. The number of epoxide rings is 1. The van der Waals surface area contributed by atoms with Crippen molar-refractivity contribution < 1.29 is 9.47 Å². The second-order valence-electron chi connectivity index (χ2n) is 5.63. The highest BCUT2D eigenvalue weighted by Crippen LogP contribution is 2.53. The van der Waals surface area contributed by atoms with E-state index in [0.29, 0.717) is 5.92 Å². The summed E-state index contributed by atoms with van der Waals surface area (Å²) in [7, 11) is 0. The molecule has 2 unspecified atom stereocenters.